The molecular formula is C24H41N7O4. The third-order valence-electron chi connectivity index (χ3n) is 8.10. The summed E-state index contributed by atoms with van der Waals surface area (Å²) in [4.78, 5) is 59.4. The molecule has 5 saturated heterocycles. The van der Waals surface area contributed by atoms with Crippen LogP contribution in [-0.4, -0.2) is 127 Å². The highest BCUT2D eigenvalue weighted by Gasteiger charge is 2.40. The fraction of sp³-hybridized carbons (Fsp3) is 0.833. The van der Waals surface area contributed by atoms with Crippen LogP contribution < -0.4 is 16.4 Å². The van der Waals surface area contributed by atoms with Gasteiger partial charge in [0, 0.05) is 38.3 Å². The smallest absolute Gasteiger partial charge is 0.240 e. The molecule has 2 bridgehead atoms. The number of likely N-dealkylation sites (tertiary alicyclic amines) is 1. The number of rotatable bonds is 5. The van der Waals surface area contributed by atoms with Crippen LogP contribution in [0.25, 0.3) is 0 Å². The zero-order chi connectivity index (χ0) is 24.9. The Kier molecular flexibility index (Phi) is 8.61. The van der Waals surface area contributed by atoms with Crippen molar-refractivity contribution in [3.8, 4) is 0 Å². The molecule has 0 unspecified atom stereocenters. The molecule has 11 heteroatoms. The van der Waals surface area contributed by atoms with Crippen LogP contribution in [0.1, 0.15) is 44.9 Å². The Morgan fingerprint density at radius 3 is 2.43 bits per heavy atom. The van der Waals surface area contributed by atoms with Crippen molar-refractivity contribution in [2.24, 2.45) is 5.73 Å². The third-order valence-corrected chi connectivity index (χ3v) is 8.10. The first-order chi connectivity index (χ1) is 16.8. The number of nitrogens with two attached hydrogens (primary N) is 1. The van der Waals surface area contributed by atoms with Crippen molar-refractivity contribution in [1.82, 2.24) is 30.2 Å². The summed E-state index contributed by atoms with van der Waals surface area (Å²) in [6, 6.07) is -0.659. The number of hydrogen-bond acceptors (Lipinski definition) is 7. The van der Waals surface area contributed by atoms with E-state index in [4.69, 9.17) is 5.73 Å². The van der Waals surface area contributed by atoms with Crippen molar-refractivity contribution >= 4 is 23.6 Å². The molecule has 4 amide bonds. The Morgan fingerprint density at radius 2 is 1.74 bits per heavy atom. The molecular weight excluding hydrogens is 450 g/mol. The molecule has 0 saturated carbocycles. The molecule has 4 N–H and O–H groups in total. The predicted octanol–water partition coefficient (Wildman–Crippen LogP) is -1.67. The maximum atomic E-state index is 13.7. The molecule has 5 heterocycles. The maximum Gasteiger partial charge on any atom is 0.240 e. The molecule has 5 rings (SSSR count). The van der Waals surface area contributed by atoms with Gasteiger partial charge in [-0.25, -0.2) is 0 Å². The number of amides is 4. The van der Waals surface area contributed by atoms with Gasteiger partial charge >= 0.3 is 0 Å². The van der Waals surface area contributed by atoms with Crippen LogP contribution in [0.15, 0.2) is 0 Å². The van der Waals surface area contributed by atoms with E-state index in [2.05, 4.69) is 27.5 Å². The lowest BCUT2D eigenvalue weighted by Crippen LogP contribution is -2.57. The minimum atomic E-state index is -1.08. The zero-order valence-electron chi connectivity index (χ0n) is 20.9. The molecule has 0 spiro atoms. The summed E-state index contributed by atoms with van der Waals surface area (Å²) in [5.74, 6) is -1.39. The van der Waals surface area contributed by atoms with Crippen LogP contribution in [0.3, 0.4) is 0 Å². The number of hydrogen-bond donors (Lipinski definition) is 3. The lowest BCUT2D eigenvalue weighted by atomic mass is 10.0. The van der Waals surface area contributed by atoms with Crippen LogP contribution in [0.4, 0.5) is 0 Å². The molecule has 196 valence electrons. The highest BCUT2D eigenvalue weighted by molar-refractivity contribution is 5.93. The van der Waals surface area contributed by atoms with Crippen molar-refractivity contribution in [3.05, 3.63) is 0 Å². The molecule has 0 radical (unpaired) electrons. The average Bonchev–Trinajstić information content (AvgIpc) is 3.33. The predicted molar refractivity (Wildman–Crippen MR) is 130 cm³/mol. The topological polar surface area (TPSA) is 131 Å². The first-order valence-electron chi connectivity index (χ1n) is 13.1. The van der Waals surface area contributed by atoms with E-state index in [1.165, 1.54) is 0 Å². The summed E-state index contributed by atoms with van der Waals surface area (Å²) < 4.78 is 0. The van der Waals surface area contributed by atoms with Gasteiger partial charge in [-0.2, -0.15) is 0 Å². The van der Waals surface area contributed by atoms with Crippen LogP contribution in [0, 0.1) is 0 Å². The van der Waals surface area contributed by atoms with Gasteiger partial charge in [-0.15, -0.1) is 0 Å². The summed E-state index contributed by atoms with van der Waals surface area (Å²) in [5.41, 5.74) is 5.50. The van der Waals surface area contributed by atoms with Gasteiger partial charge < -0.3 is 31.1 Å². The van der Waals surface area contributed by atoms with Gasteiger partial charge in [0.1, 0.15) is 6.04 Å². The Hall–Kier alpha value is -2.24. The SMILES string of the molecule is CN1CCC(NCCN2CC(=O)N[C@H](C(N)=O)CC(=O)N3CCC(CC3)N3CCC[C@H]3C2=O)CC1. The number of piperidine rings is 2. The van der Waals surface area contributed by atoms with Crippen LogP contribution in [0.2, 0.25) is 0 Å². The van der Waals surface area contributed by atoms with Gasteiger partial charge in [0.2, 0.25) is 23.6 Å². The summed E-state index contributed by atoms with van der Waals surface area (Å²) in [5, 5.41) is 6.18. The zero-order valence-corrected chi connectivity index (χ0v) is 20.9. The molecule has 0 aromatic rings. The minimum absolute atomic E-state index is 0.0194. The van der Waals surface area contributed by atoms with Crippen molar-refractivity contribution in [1.29, 1.82) is 0 Å². The Bertz CT molecular complexity index is 793. The molecule has 5 aliphatic heterocycles. The van der Waals surface area contributed by atoms with Crippen LogP contribution >= 0.6 is 0 Å². The molecule has 2 atom stereocenters. The molecule has 5 aliphatic rings. The first kappa shape index (κ1) is 25.8. The van der Waals surface area contributed by atoms with Crippen molar-refractivity contribution in [3.63, 3.8) is 0 Å². The molecule has 0 aromatic carbocycles. The van der Waals surface area contributed by atoms with Gasteiger partial charge in [0.25, 0.3) is 0 Å². The van der Waals surface area contributed by atoms with E-state index in [-0.39, 0.29) is 36.9 Å². The summed E-state index contributed by atoms with van der Waals surface area (Å²) >= 11 is 0. The molecule has 5 fully saturated rings. The van der Waals surface area contributed by atoms with Gasteiger partial charge in [-0.05, 0) is 65.2 Å². The lowest BCUT2D eigenvalue weighted by molar-refractivity contribution is -0.143. The van der Waals surface area contributed by atoms with Crippen molar-refractivity contribution in [2.45, 2.75) is 69.1 Å². The van der Waals surface area contributed by atoms with Gasteiger partial charge in [-0.1, -0.05) is 0 Å². The average molecular weight is 492 g/mol. The number of primary amides is 1. The number of nitrogens with one attached hydrogen (secondary N) is 2. The van der Waals surface area contributed by atoms with Crippen molar-refractivity contribution < 1.29 is 19.2 Å². The number of nitrogens with zero attached hydrogens (tertiary/aromatic N) is 4. The fourth-order valence-electron chi connectivity index (χ4n) is 5.97. The first-order valence-corrected chi connectivity index (χ1v) is 13.1. The summed E-state index contributed by atoms with van der Waals surface area (Å²) in [6.45, 7) is 5.02. The quantitative estimate of drug-likeness (QED) is 0.419. The maximum absolute atomic E-state index is 13.7. The normalized spacial score (nSPS) is 30.3. The van der Waals surface area contributed by atoms with E-state index in [1.54, 1.807) is 9.80 Å². The second kappa shape index (κ2) is 11.7. The number of carbonyl (C=O) groups is 4. The fourth-order valence-corrected chi connectivity index (χ4v) is 5.97. The van der Waals surface area contributed by atoms with Crippen molar-refractivity contribution in [2.75, 3.05) is 59.4 Å². The largest absolute Gasteiger partial charge is 0.368 e. The van der Waals surface area contributed by atoms with E-state index in [0.29, 0.717) is 32.2 Å². The van der Waals surface area contributed by atoms with E-state index >= 15 is 0 Å². The Morgan fingerprint density at radius 1 is 1.03 bits per heavy atom. The van der Waals surface area contributed by atoms with Gasteiger partial charge in [0.15, 0.2) is 0 Å². The summed E-state index contributed by atoms with van der Waals surface area (Å²) in [6.07, 6.45) is 5.32. The number of carbonyl (C=O) groups excluding carboxylic acids is 4. The van der Waals surface area contributed by atoms with Gasteiger partial charge in [-0.3, -0.25) is 24.1 Å². The Labute approximate surface area is 207 Å². The number of fused-ring (bicyclic) bond motifs is 9. The summed E-state index contributed by atoms with van der Waals surface area (Å²) in [7, 11) is 2.12. The second-order valence-electron chi connectivity index (χ2n) is 10.5. The molecule has 0 aliphatic carbocycles. The Balaban J connectivity index is 1.48. The second-order valence-corrected chi connectivity index (χ2v) is 10.5. The van der Waals surface area contributed by atoms with E-state index in [1.807, 2.05) is 0 Å². The molecule has 0 aromatic heterocycles. The van der Waals surface area contributed by atoms with E-state index in [9.17, 15) is 19.2 Å². The van der Waals surface area contributed by atoms with E-state index in [0.717, 1.165) is 58.2 Å². The minimum Gasteiger partial charge on any atom is -0.368 e. The monoisotopic (exact) mass is 491 g/mol. The highest BCUT2D eigenvalue weighted by Crippen LogP contribution is 2.28. The van der Waals surface area contributed by atoms with Gasteiger partial charge in [0.05, 0.1) is 19.0 Å². The van der Waals surface area contributed by atoms with Crippen LogP contribution in [-0.2, 0) is 19.2 Å². The lowest BCUT2D eigenvalue weighted by Gasteiger charge is -2.40. The van der Waals surface area contributed by atoms with E-state index < -0.39 is 17.9 Å². The third kappa shape index (κ3) is 6.50. The standard InChI is InChI=1S/C24H41N7O4/c1-28-10-4-17(5-11-28)26-8-14-30-16-21(32)27-19(23(25)34)15-22(33)29-12-6-18(7-13-29)31-9-2-3-20(31)24(30)35/h17-20,26H,2-16H2,1H3,(H2,25,34)(H,27,32)/t19-,20-/m0/s1. The molecule has 35 heavy (non-hydrogen) atoms. The molecule has 11 nitrogen and oxygen atoms in total. The van der Waals surface area contributed by atoms with Crippen LogP contribution in [0.5, 0.6) is 0 Å². The highest BCUT2D eigenvalue weighted by atomic mass is 16.2.